The maximum atomic E-state index is 12.2. The molecule has 0 saturated heterocycles. The van der Waals surface area contributed by atoms with Crippen LogP contribution in [0, 0.1) is 6.92 Å². The fourth-order valence-electron chi connectivity index (χ4n) is 1.87. The van der Waals surface area contributed by atoms with Crippen molar-refractivity contribution in [1.82, 2.24) is 0 Å². The lowest BCUT2D eigenvalue weighted by Gasteiger charge is -2.13. The van der Waals surface area contributed by atoms with Crippen LogP contribution in [0.4, 0.5) is 0 Å². The van der Waals surface area contributed by atoms with Gasteiger partial charge in [0.25, 0.3) is 0 Å². The van der Waals surface area contributed by atoms with E-state index in [9.17, 15) is 8.42 Å². The van der Waals surface area contributed by atoms with Crippen LogP contribution in [0.2, 0.25) is 0 Å². The molecule has 1 aliphatic heterocycles. The van der Waals surface area contributed by atoms with Gasteiger partial charge in [0, 0.05) is 6.42 Å². The van der Waals surface area contributed by atoms with E-state index in [-0.39, 0.29) is 10.8 Å². The van der Waals surface area contributed by atoms with Gasteiger partial charge < -0.3 is 4.84 Å². The molecule has 0 aromatic heterocycles. The third-order valence-electron chi connectivity index (χ3n) is 2.77. The molecule has 5 heteroatoms. The highest BCUT2D eigenvalue weighted by molar-refractivity contribution is 8.05. The molecule has 18 heavy (non-hydrogen) atoms. The van der Waals surface area contributed by atoms with Gasteiger partial charge in [0.15, 0.2) is 14.9 Å². The van der Waals surface area contributed by atoms with Gasteiger partial charge in [-0.1, -0.05) is 35.0 Å². The Morgan fingerprint density at radius 2 is 2.11 bits per heavy atom. The fraction of sp³-hybridized carbons (Fsp3) is 0.462. The molecule has 1 heterocycles. The summed E-state index contributed by atoms with van der Waals surface area (Å²) in [5.41, 5.74) is 1.31. The average molecular weight is 267 g/mol. The van der Waals surface area contributed by atoms with Crippen LogP contribution < -0.4 is 0 Å². The summed E-state index contributed by atoms with van der Waals surface area (Å²) in [7, 11) is -3.38. The molecule has 0 fully saturated rings. The van der Waals surface area contributed by atoms with Gasteiger partial charge in [-0.25, -0.2) is 8.42 Å². The van der Waals surface area contributed by atoms with Crippen LogP contribution in [0.15, 0.2) is 29.4 Å². The van der Waals surface area contributed by atoms with Crippen LogP contribution in [-0.2, 0) is 20.4 Å². The van der Waals surface area contributed by atoms with E-state index >= 15 is 0 Å². The molecule has 0 unspecified atom stereocenters. The molecule has 0 bridgehead atoms. The fourth-order valence-corrected chi connectivity index (χ4v) is 3.38. The summed E-state index contributed by atoms with van der Waals surface area (Å²) in [6, 6.07) is 7.48. The Kier molecular flexibility index (Phi) is 3.19. The summed E-state index contributed by atoms with van der Waals surface area (Å²) >= 11 is 0. The highest BCUT2D eigenvalue weighted by Gasteiger charge is 2.35. The maximum Gasteiger partial charge on any atom is 0.199 e. The van der Waals surface area contributed by atoms with E-state index in [1.165, 1.54) is 0 Å². The number of aryl methyl sites for hydroxylation is 1. The Bertz CT molecular complexity index is 588. The maximum absolute atomic E-state index is 12.2. The van der Waals surface area contributed by atoms with Gasteiger partial charge in [0.1, 0.15) is 5.60 Å². The SMILES string of the molecule is Cc1cccc(CS(=O)(=O)C2=NOC(C)(C)C2)c1. The molecular formula is C13H17NO3S. The van der Waals surface area contributed by atoms with E-state index in [1.807, 2.05) is 45.0 Å². The second-order valence-corrected chi connectivity index (χ2v) is 7.25. The molecule has 0 spiro atoms. The van der Waals surface area contributed by atoms with Gasteiger partial charge in [-0.15, -0.1) is 0 Å². The average Bonchev–Trinajstić information content (AvgIpc) is 2.59. The standard InChI is InChI=1S/C13H17NO3S/c1-10-5-4-6-11(7-10)9-18(15,16)12-8-13(2,3)17-14-12/h4-7H,8-9H2,1-3H3. The van der Waals surface area contributed by atoms with Crippen molar-refractivity contribution >= 4 is 14.9 Å². The highest BCUT2D eigenvalue weighted by atomic mass is 32.2. The summed E-state index contributed by atoms with van der Waals surface area (Å²) in [5.74, 6) is -0.0209. The van der Waals surface area contributed by atoms with E-state index in [4.69, 9.17) is 4.84 Å². The lowest BCUT2D eigenvalue weighted by molar-refractivity contribution is 0.0123. The summed E-state index contributed by atoms with van der Waals surface area (Å²) in [5, 5.41) is 3.85. The van der Waals surface area contributed by atoms with Crippen LogP contribution in [0.25, 0.3) is 0 Å². The number of sulfone groups is 1. The Morgan fingerprint density at radius 1 is 1.39 bits per heavy atom. The van der Waals surface area contributed by atoms with Gasteiger partial charge in [-0.3, -0.25) is 0 Å². The van der Waals surface area contributed by atoms with Crippen LogP contribution in [0.1, 0.15) is 31.4 Å². The van der Waals surface area contributed by atoms with Crippen molar-refractivity contribution in [2.24, 2.45) is 5.16 Å². The Hall–Kier alpha value is -1.36. The normalized spacial score (nSPS) is 18.3. The summed E-state index contributed by atoms with van der Waals surface area (Å²) < 4.78 is 24.4. The van der Waals surface area contributed by atoms with Crippen LogP contribution >= 0.6 is 0 Å². The number of oxime groups is 1. The largest absolute Gasteiger partial charge is 0.389 e. The molecule has 0 N–H and O–H groups in total. The Labute approximate surface area is 108 Å². The minimum atomic E-state index is -3.38. The van der Waals surface area contributed by atoms with Crippen molar-refractivity contribution in [2.45, 2.75) is 38.5 Å². The van der Waals surface area contributed by atoms with Gasteiger partial charge >= 0.3 is 0 Å². The number of rotatable bonds is 2. The van der Waals surface area contributed by atoms with E-state index in [1.54, 1.807) is 0 Å². The summed E-state index contributed by atoms with van der Waals surface area (Å²) in [6.45, 7) is 5.59. The molecular weight excluding hydrogens is 250 g/mol. The first kappa shape index (κ1) is 13.1. The second kappa shape index (κ2) is 4.39. The van der Waals surface area contributed by atoms with Crippen molar-refractivity contribution in [3.63, 3.8) is 0 Å². The molecule has 0 radical (unpaired) electrons. The minimum absolute atomic E-state index is 0.0209. The zero-order valence-corrected chi connectivity index (χ0v) is 11.6. The lowest BCUT2D eigenvalue weighted by Crippen LogP contribution is -2.23. The monoisotopic (exact) mass is 267 g/mol. The van der Waals surface area contributed by atoms with Crippen molar-refractivity contribution in [2.75, 3.05) is 0 Å². The third kappa shape index (κ3) is 2.90. The number of hydrogen-bond donors (Lipinski definition) is 0. The predicted molar refractivity (Wildman–Crippen MR) is 71.0 cm³/mol. The van der Waals surface area contributed by atoms with Gasteiger partial charge in [-0.05, 0) is 26.3 Å². The molecule has 0 atom stereocenters. The zero-order chi connectivity index (χ0) is 13.4. The molecule has 1 aromatic carbocycles. The van der Waals surface area contributed by atoms with Crippen molar-refractivity contribution < 1.29 is 13.3 Å². The summed E-state index contributed by atoms with van der Waals surface area (Å²) in [4.78, 5) is 5.11. The topological polar surface area (TPSA) is 55.7 Å². The van der Waals surface area contributed by atoms with E-state index in [0.717, 1.165) is 11.1 Å². The van der Waals surface area contributed by atoms with E-state index in [0.29, 0.717) is 6.42 Å². The van der Waals surface area contributed by atoms with Gasteiger partial charge in [0.05, 0.1) is 5.75 Å². The molecule has 0 aliphatic carbocycles. The highest BCUT2D eigenvalue weighted by Crippen LogP contribution is 2.26. The van der Waals surface area contributed by atoms with Crippen LogP contribution in [-0.4, -0.2) is 19.1 Å². The summed E-state index contributed by atoms with van der Waals surface area (Å²) in [6.07, 6.45) is 0.334. The first-order valence-electron chi connectivity index (χ1n) is 5.82. The molecule has 1 aromatic rings. The molecule has 98 valence electrons. The molecule has 2 rings (SSSR count). The predicted octanol–water partition coefficient (Wildman–Crippen LogP) is 2.42. The zero-order valence-electron chi connectivity index (χ0n) is 10.8. The quantitative estimate of drug-likeness (QED) is 0.827. The van der Waals surface area contributed by atoms with Crippen molar-refractivity contribution in [3.8, 4) is 0 Å². The van der Waals surface area contributed by atoms with Crippen LogP contribution in [0.3, 0.4) is 0 Å². The Morgan fingerprint density at radius 3 is 2.67 bits per heavy atom. The van der Waals surface area contributed by atoms with Crippen molar-refractivity contribution in [1.29, 1.82) is 0 Å². The second-order valence-electron chi connectivity index (χ2n) is 5.26. The first-order valence-corrected chi connectivity index (χ1v) is 7.47. The lowest BCUT2D eigenvalue weighted by atomic mass is 10.1. The van der Waals surface area contributed by atoms with Gasteiger partial charge in [0.2, 0.25) is 0 Å². The number of benzene rings is 1. The van der Waals surface area contributed by atoms with Gasteiger partial charge in [-0.2, -0.15) is 0 Å². The number of hydrogen-bond acceptors (Lipinski definition) is 4. The van der Waals surface area contributed by atoms with Crippen molar-refractivity contribution in [3.05, 3.63) is 35.4 Å². The first-order chi connectivity index (χ1) is 8.28. The van der Waals surface area contributed by atoms with Crippen LogP contribution in [0.5, 0.6) is 0 Å². The minimum Gasteiger partial charge on any atom is -0.389 e. The van der Waals surface area contributed by atoms with E-state index < -0.39 is 15.4 Å². The Balaban J connectivity index is 2.19. The smallest absolute Gasteiger partial charge is 0.199 e. The molecule has 0 saturated carbocycles. The molecule has 0 amide bonds. The third-order valence-corrected chi connectivity index (χ3v) is 4.42. The molecule has 4 nitrogen and oxygen atoms in total. The number of nitrogens with zero attached hydrogens (tertiary/aromatic N) is 1. The van der Waals surface area contributed by atoms with E-state index in [2.05, 4.69) is 5.16 Å². The molecule has 1 aliphatic rings.